The molecule has 0 unspecified atom stereocenters. The number of nitrogens with zero attached hydrogens (tertiary/aromatic N) is 2. The van der Waals surface area contributed by atoms with Crippen LogP contribution in [0.15, 0.2) is 12.1 Å². The van der Waals surface area contributed by atoms with Crippen LogP contribution in [0.4, 0.5) is 5.82 Å². The van der Waals surface area contributed by atoms with Gasteiger partial charge in [0.15, 0.2) is 0 Å². The minimum atomic E-state index is 0.0904. The van der Waals surface area contributed by atoms with Gasteiger partial charge in [0.2, 0.25) is 0 Å². The summed E-state index contributed by atoms with van der Waals surface area (Å²) in [6.45, 7) is 15.2. The van der Waals surface area contributed by atoms with E-state index in [2.05, 4.69) is 30.6 Å². The third kappa shape index (κ3) is 2.29. The van der Waals surface area contributed by atoms with Gasteiger partial charge in [0, 0.05) is 6.92 Å². The molecule has 0 saturated heterocycles. The summed E-state index contributed by atoms with van der Waals surface area (Å²) in [5, 5.41) is 0. The van der Waals surface area contributed by atoms with Gasteiger partial charge in [0.25, 0.3) is 5.82 Å². The zero-order valence-electron chi connectivity index (χ0n) is 8.55. The molecule has 0 aliphatic heterocycles. The van der Waals surface area contributed by atoms with Gasteiger partial charge in [-0.2, -0.15) is 0 Å². The van der Waals surface area contributed by atoms with Crippen molar-refractivity contribution in [2.24, 2.45) is 0 Å². The Balaban J connectivity index is 3.26. The number of rotatable bonds is 0. The number of aromatic nitrogens is 1. The Morgan fingerprint density at radius 2 is 1.92 bits per heavy atom. The van der Waals surface area contributed by atoms with Crippen molar-refractivity contribution in [3.8, 4) is 0 Å². The van der Waals surface area contributed by atoms with Crippen molar-refractivity contribution >= 4 is 5.82 Å². The first-order valence-electron chi connectivity index (χ1n) is 4.30. The van der Waals surface area contributed by atoms with Gasteiger partial charge < -0.3 is 4.85 Å². The van der Waals surface area contributed by atoms with E-state index in [1.807, 2.05) is 19.1 Å². The van der Waals surface area contributed by atoms with E-state index >= 15 is 0 Å². The lowest BCUT2D eigenvalue weighted by Gasteiger charge is -2.18. The van der Waals surface area contributed by atoms with Gasteiger partial charge in [-0.1, -0.05) is 27.3 Å². The fourth-order valence-corrected chi connectivity index (χ4v) is 1.14. The van der Waals surface area contributed by atoms with Crippen LogP contribution in [0.1, 0.15) is 32.0 Å². The quantitative estimate of drug-likeness (QED) is 0.552. The highest BCUT2D eigenvalue weighted by molar-refractivity contribution is 5.42. The molecule has 0 amide bonds. The molecule has 0 saturated carbocycles. The Morgan fingerprint density at radius 3 is 2.38 bits per heavy atom. The lowest BCUT2D eigenvalue weighted by atomic mass is 9.87. The molecule has 0 N–H and O–H groups in total. The molecule has 2 heteroatoms. The lowest BCUT2D eigenvalue weighted by molar-refractivity contribution is 0.589. The van der Waals surface area contributed by atoms with Crippen molar-refractivity contribution in [1.82, 2.24) is 4.98 Å². The second-order valence-corrected chi connectivity index (χ2v) is 4.22. The van der Waals surface area contributed by atoms with E-state index in [4.69, 9.17) is 6.57 Å². The maximum absolute atomic E-state index is 6.90. The Hall–Kier alpha value is -1.36. The summed E-state index contributed by atoms with van der Waals surface area (Å²) in [5.41, 5.74) is 2.18. The minimum absolute atomic E-state index is 0.0904. The van der Waals surface area contributed by atoms with E-state index in [0.29, 0.717) is 5.82 Å². The maximum Gasteiger partial charge on any atom is 0.270 e. The number of pyridine rings is 1. The second kappa shape index (κ2) is 3.18. The first-order valence-corrected chi connectivity index (χ1v) is 4.30. The standard InChI is InChI=1S/C11H14N2/c1-8-6-9(11(2,3)4)7-10(12-5)13-8/h6-7H,1-4H3. The van der Waals surface area contributed by atoms with E-state index in [1.165, 1.54) is 5.56 Å². The summed E-state index contributed by atoms with van der Waals surface area (Å²) in [6.07, 6.45) is 0. The van der Waals surface area contributed by atoms with Crippen LogP contribution in [0.3, 0.4) is 0 Å². The predicted octanol–water partition coefficient (Wildman–Crippen LogP) is 3.24. The van der Waals surface area contributed by atoms with Crippen molar-refractivity contribution < 1.29 is 0 Å². The van der Waals surface area contributed by atoms with Gasteiger partial charge in [-0.25, -0.2) is 0 Å². The summed E-state index contributed by atoms with van der Waals surface area (Å²) in [5.74, 6) is 0.491. The molecule has 0 fully saturated rings. The molecule has 0 aliphatic carbocycles. The molecule has 1 heterocycles. The van der Waals surface area contributed by atoms with E-state index in [9.17, 15) is 0 Å². The van der Waals surface area contributed by atoms with Crippen molar-refractivity contribution in [2.45, 2.75) is 33.1 Å². The summed E-state index contributed by atoms with van der Waals surface area (Å²) in [4.78, 5) is 7.46. The number of hydrogen-bond donors (Lipinski definition) is 0. The topological polar surface area (TPSA) is 17.2 Å². The summed E-state index contributed by atoms with van der Waals surface area (Å²) in [6, 6.07) is 3.90. The fourth-order valence-electron chi connectivity index (χ4n) is 1.14. The molecule has 0 aromatic carbocycles. The largest absolute Gasteiger partial charge is 0.361 e. The highest BCUT2D eigenvalue weighted by Crippen LogP contribution is 2.25. The van der Waals surface area contributed by atoms with Crippen molar-refractivity contribution in [1.29, 1.82) is 0 Å². The van der Waals surface area contributed by atoms with E-state index in [1.54, 1.807) is 0 Å². The SMILES string of the molecule is [C-]#[N+]c1cc(C(C)(C)C)cc(C)n1. The Bertz CT molecular complexity index is 353. The van der Waals surface area contributed by atoms with Crippen LogP contribution in [-0.2, 0) is 5.41 Å². The van der Waals surface area contributed by atoms with E-state index < -0.39 is 0 Å². The molecule has 1 aromatic heterocycles. The first-order chi connectivity index (χ1) is 5.93. The van der Waals surface area contributed by atoms with Gasteiger partial charge in [-0.3, -0.25) is 0 Å². The molecular formula is C11H14N2. The van der Waals surface area contributed by atoms with E-state index in [0.717, 1.165) is 5.69 Å². The minimum Gasteiger partial charge on any atom is -0.361 e. The lowest BCUT2D eigenvalue weighted by Crippen LogP contribution is -2.11. The highest BCUT2D eigenvalue weighted by atomic mass is 14.9. The normalized spacial score (nSPS) is 11.0. The smallest absolute Gasteiger partial charge is 0.270 e. The zero-order chi connectivity index (χ0) is 10.1. The van der Waals surface area contributed by atoms with Gasteiger partial charge >= 0.3 is 0 Å². The van der Waals surface area contributed by atoms with Crippen molar-refractivity contribution in [3.05, 3.63) is 34.8 Å². The molecule has 13 heavy (non-hydrogen) atoms. The average molecular weight is 174 g/mol. The third-order valence-corrected chi connectivity index (χ3v) is 1.92. The fraction of sp³-hybridized carbons (Fsp3) is 0.455. The molecule has 2 nitrogen and oxygen atoms in total. The van der Waals surface area contributed by atoms with Crippen LogP contribution in [0.2, 0.25) is 0 Å². The van der Waals surface area contributed by atoms with Crippen molar-refractivity contribution in [2.75, 3.05) is 0 Å². The Labute approximate surface area is 79.4 Å². The number of hydrogen-bond acceptors (Lipinski definition) is 1. The highest BCUT2D eigenvalue weighted by Gasteiger charge is 2.15. The van der Waals surface area contributed by atoms with Crippen LogP contribution < -0.4 is 0 Å². The van der Waals surface area contributed by atoms with E-state index in [-0.39, 0.29) is 5.41 Å². The van der Waals surface area contributed by atoms with Gasteiger partial charge in [0.05, 0.1) is 0 Å². The average Bonchev–Trinajstić information content (AvgIpc) is 2.01. The van der Waals surface area contributed by atoms with Crippen LogP contribution in [0.25, 0.3) is 4.85 Å². The zero-order valence-corrected chi connectivity index (χ0v) is 8.55. The molecule has 1 aromatic rings. The molecule has 0 aliphatic rings. The Kier molecular flexibility index (Phi) is 2.38. The monoisotopic (exact) mass is 174 g/mol. The second-order valence-electron chi connectivity index (χ2n) is 4.22. The molecule has 0 spiro atoms. The Morgan fingerprint density at radius 1 is 1.31 bits per heavy atom. The van der Waals surface area contributed by atoms with Crippen molar-refractivity contribution in [3.63, 3.8) is 0 Å². The molecule has 0 atom stereocenters. The number of aryl methyl sites for hydroxylation is 1. The summed E-state index contributed by atoms with van der Waals surface area (Å²) < 4.78 is 0. The molecule has 1 rings (SSSR count). The van der Waals surface area contributed by atoms with Crippen LogP contribution in [0, 0.1) is 13.5 Å². The molecular weight excluding hydrogens is 160 g/mol. The molecule has 0 radical (unpaired) electrons. The first kappa shape index (κ1) is 9.73. The maximum atomic E-state index is 6.90. The predicted molar refractivity (Wildman–Crippen MR) is 53.9 cm³/mol. The van der Waals surface area contributed by atoms with Gasteiger partial charge in [-0.15, -0.1) is 4.98 Å². The summed E-state index contributed by atoms with van der Waals surface area (Å²) in [7, 11) is 0. The summed E-state index contributed by atoms with van der Waals surface area (Å²) >= 11 is 0. The van der Waals surface area contributed by atoms with Gasteiger partial charge in [0.1, 0.15) is 5.69 Å². The van der Waals surface area contributed by atoms with Crippen LogP contribution >= 0.6 is 0 Å². The van der Waals surface area contributed by atoms with Gasteiger partial charge in [-0.05, 0) is 23.1 Å². The third-order valence-electron chi connectivity index (χ3n) is 1.92. The van der Waals surface area contributed by atoms with Crippen LogP contribution in [-0.4, -0.2) is 4.98 Å². The van der Waals surface area contributed by atoms with Crippen LogP contribution in [0.5, 0.6) is 0 Å². The molecule has 68 valence electrons. The molecule has 0 bridgehead atoms.